The number of carbonyl (C=O) groups excluding carboxylic acids is 1. The largest absolute Gasteiger partial charge is 0.461 e. The molecular weight excluding hydrogens is 430 g/mol. The van der Waals surface area contributed by atoms with E-state index >= 15 is 0 Å². The van der Waals surface area contributed by atoms with Crippen molar-refractivity contribution in [2.45, 2.75) is 13.5 Å². The van der Waals surface area contributed by atoms with Crippen molar-refractivity contribution in [2.75, 3.05) is 32.9 Å². The molecule has 3 heterocycles. The molecule has 0 bridgehead atoms. The summed E-state index contributed by atoms with van der Waals surface area (Å²) in [5, 5.41) is 1.82. The molecule has 4 rings (SSSR count). The van der Waals surface area contributed by atoms with Crippen LogP contribution in [0, 0.1) is 0 Å². The summed E-state index contributed by atoms with van der Waals surface area (Å²) < 4.78 is 13.6. The molecule has 0 radical (unpaired) electrons. The number of fused-ring (bicyclic) bond motifs is 1. The molecule has 1 aliphatic heterocycles. The number of morpholine rings is 1. The second-order valence-electron chi connectivity index (χ2n) is 6.26. The predicted molar refractivity (Wildman–Crippen MR) is 108 cm³/mol. The van der Waals surface area contributed by atoms with Gasteiger partial charge in [0.05, 0.1) is 31.2 Å². The van der Waals surface area contributed by atoms with Crippen molar-refractivity contribution in [3.8, 4) is 11.3 Å². The van der Waals surface area contributed by atoms with Gasteiger partial charge < -0.3 is 9.47 Å². The first-order valence-corrected chi connectivity index (χ1v) is 10.6. The minimum absolute atomic E-state index is 0.322. The summed E-state index contributed by atoms with van der Waals surface area (Å²) in [5.74, 6) is -0.322. The fourth-order valence-corrected chi connectivity index (χ4v) is 4.38. The Balaban J connectivity index is 1.82. The van der Waals surface area contributed by atoms with E-state index in [2.05, 4.69) is 20.8 Å². The molecule has 0 aliphatic carbocycles. The van der Waals surface area contributed by atoms with Crippen molar-refractivity contribution < 1.29 is 14.3 Å². The summed E-state index contributed by atoms with van der Waals surface area (Å²) in [7, 11) is 0. The molecule has 2 aromatic heterocycles. The average molecular weight is 450 g/mol. The Morgan fingerprint density at radius 1 is 1.30 bits per heavy atom. The van der Waals surface area contributed by atoms with Gasteiger partial charge in [0.1, 0.15) is 5.69 Å². The van der Waals surface area contributed by atoms with Crippen LogP contribution >= 0.6 is 27.3 Å². The van der Waals surface area contributed by atoms with Crippen LogP contribution in [0.25, 0.3) is 16.2 Å². The lowest BCUT2D eigenvalue weighted by atomic mass is 10.1. The van der Waals surface area contributed by atoms with Gasteiger partial charge in [-0.25, -0.2) is 9.78 Å². The number of esters is 1. The highest BCUT2D eigenvalue weighted by Gasteiger charge is 2.24. The number of hydrogen-bond donors (Lipinski definition) is 0. The number of carbonyl (C=O) groups is 1. The van der Waals surface area contributed by atoms with Gasteiger partial charge in [0.2, 0.25) is 0 Å². The SMILES string of the molecule is CCOC(=O)c1csc2nc(CN3CCOCC3)c(-c3ccc(Br)cc3)n12. The van der Waals surface area contributed by atoms with Crippen molar-refractivity contribution in [3.05, 3.63) is 45.5 Å². The number of thiazole rings is 1. The highest BCUT2D eigenvalue weighted by Crippen LogP contribution is 2.31. The number of hydrogen-bond acceptors (Lipinski definition) is 6. The number of ether oxygens (including phenoxy) is 2. The molecule has 3 aromatic rings. The molecule has 0 amide bonds. The van der Waals surface area contributed by atoms with Gasteiger partial charge in [0.15, 0.2) is 4.96 Å². The van der Waals surface area contributed by atoms with Gasteiger partial charge in [-0.2, -0.15) is 0 Å². The molecule has 1 aromatic carbocycles. The highest BCUT2D eigenvalue weighted by molar-refractivity contribution is 9.10. The molecular formula is C19H20BrN3O3S. The van der Waals surface area contributed by atoms with Gasteiger partial charge in [0, 0.05) is 35.1 Å². The molecule has 27 heavy (non-hydrogen) atoms. The lowest BCUT2D eigenvalue weighted by Crippen LogP contribution is -2.35. The summed E-state index contributed by atoms with van der Waals surface area (Å²) in [4.78, 5) is 20.4. The number of nitrogens with zero attached hydrogens (tertiary/aromatic N) is 3. The third-order valence-electron chi connectivity index (χ3n) is 4.52. The van der Waals surface area contributed by atoms with Crippen molar-refractivity contribution in [1.29, 1.82) is 0 Å². The lowest BCUT2D eigenvalue weighted by Gasteiger charge is -2.26. The third-order valence-corrected chi connectivity index (χ3v) is 5.87. The molecule has 0 spiro atoms. The molecule has 1 fully saturated rings. The van der Waals surface area contributed by atoms with E-state index < -0.39 is 0 Å². The quantitative estimate of drug-likeness (QED) is 0.553. The smallest absolute Gasteiger partial charge is 0.356 e. The molecule has 8 heteroatoms. The molecule has 0 saturated carbocycles. The summed E-state index contributed by atoms with van der Waals surface area (Å²) in [6.45, 7) is 6.14. The third kappa shape index (κ3) is 3.80. The Bertz CT molecular complexity index is 945. The van der Waals surface area contributed by atoms with E-state index in [9.17, 15) is 4.79 Å². The van der Waals surface area contributed by atoms with E-state index in [4.69, 9.17) is 14.5 Å². The van der Waals surface area contributed by atoms with Crippen molar-refractivity contribution in [3.63, 3.8) is 0 Å². The maximum atomic E-state index is 12.5. The molecule has 0 unspecified atom stereocenters. The van der Waals surface area contributed by atoms with Crippen LogP contribution in [0.5, 0.6) is 0 Å². The van der Waals surface area contributed by atoms with Crippen molar-refractivity contribution >= 4 is 38.2 Å². The highest BCUT2D eigenvalue weighted by atomic mass is 79.9. The van der Waals surface area contributed by atoms with E-state index in [-0.39, 0.29) is 5.97 Å². The predicted octanol–water partition coefficient (Wildman–Crippen LogP) is 3.83. The van der Waals surface area contributed by atoms with E-state index in [0.29, 0.717) is 12.3 Å². The minimum atomic E-state index is -0.322. The van der Waals surface area contributed by atoms with Gasteiger partial charge in [-0.15, -0.1) is 11.3 Å². The normalized spacial score (nSPS) is 15.3. The standard InChI is InChI=1S/C19H20BrN3O3S/c1-2-26-18(24)16-12-27-19-21-15(11-22-7-9-25-10-8-22)17(23(16)19)13-3-5-14(20)6-4-13/h3-6,12H,2,7-11H2,1H3. The zero-order chi connectivity index (χ0) is 18.8. The fourth-order valence-electron chi connectivity index (χ4n) is 3.24. The Morgan fingerprint density at radius 3 is 2.74 bits per heavy atom. The van der Waals surface area contributed by atoms with Gasteiger partial charge in [-0.3, -0.25) is 9.30 Å². The maximum Gasteiger partial charge on any atom is 0.356 e. The Hall–Kier alpha value is -1.74. The number of imidazole rings is 1. The summed E-state index contributed by atoms with van der Waals surface area (Å²) in [5.41, 5.74) is 3.47. The first kappa shape index (κ1) is 18.6. The number of benzene rings is 1. The molecule has 1 aliphatic rings. The fraction of sp³-hybridized carbons (Fsp3) is 0.368. The van der Waals surface area contributed by atoms with Crippen LogP contribution in [0.15, 0.2) is 34.1 Å². The van der Waals surface area contributed by atoms with Gasteiger partial charge in [-0.05, 0) is 19.1 Å². The molecule has 142 valence electrons. The zero-order valence-corrected chi connectivity index (χ0v) is 17.4. The van der Waals surface area contributed by atoms with E-state index in [1.807, 2.05) is 41.0 Å². The van der Waals surface area contributed by atoms with Crippen LogP contribution in [-0.4, -0.2) is 53.2 Å². The van der Waals surface area contributed by atoms with Crippen LogP contribution in [0.4, 0.5) is 0 Å². The average Bonchev–Trinajstić information content (AvgIpc) is 3.22. The molecule has 6 nitrogen and oxygen atoms in total. The summed E-state index contributed by atoms with van der Waals surface area (Å²) in [6, 6.07) is 8.10. The van der Waals surface area contributed by atoms with E-state index in [1.165, 1.54) is 11.3 Å². The monoisotopic (exact) mass is 449 g/mol. The summed E-state index contributed by atoms with van der Waals surface area (Å²) in [6.07, 6.45) is 0. The Morgan fingerprint density at radius 2 is 2.04 bits per heavy atom. The zero-order valence-electron chi connectivity index (χ0n) is 15.0. The van der Waals surface area contributed by atoms with Gasteiger partial charge >= 0.3 is 5.97 Å². The second-order valence-corrected chi connectivity index (χ2v) is 8.01. The molecule has 0 atom stereocenters. The maximum absolute atomic E-state index is 12.5. The Labute approximate surface area is 169 Å². The topological polar surface area (TPSA) is 56.1 Å². The number of rotatable bonds is 5. The molecule has 1 saturated heterocycles. The first-order chi connectivity index (χ1) is 13.2. The van der Waals surface area contributed by atoms with Crippen LogP contribution in [-0.2, 0) is 16.0 Å². The van der Waals surface area contributed by atoms with Crippen LogP contribution < -0.4 is 0 Å². The molecule has 0 N–H and O–H groups in total. The first-order valence-electron chi connectivity index (χ1n) is 8.89. The number of aromatic nitrogens is 2. The van der Waals surface area contributed by atoms with Crippen molar-refractivity contribution in [2.24, 2.45) is 0 Å². The van der Waals surface area contributed by atoms with E-state index in [1.54, 1.807) is 0 Å². The summed E-state index contributed by atoms with van der Waals surface area (Å²) >= 11 is 4.95. The van der Waals surface area contributed by atoms with E-state index in [0.717, 1.165) is 59.2 Å². The van der Waals surface area contributed by atoms with Crippen LogP contribution in [0.3, 0.4) is 0 Å². The second kappa shape index (κ2) is 8.10. The number of halogens is 1. The van der Waals surface area contributed by atoms with Crippen molar-refractivity contribution in [1.82, 2.24) is 14.3 Å². The minimum Gasteiger partial charge on any atom is -0.461 e. The van der Waals surface area contributed by atoms with Crippen LogP contribution in [0.1, 0.15) is 23.1 Å². The lowest BCUT2D eigenvalue weighted by molar-refractivity contribution is 0.0338. The van der Waals surface area contributed by atoms with Gasteiger partial charge in [-0.1, -0.05) is 28.1 Å². The van der Waals surface area contributed by atoms with Gasteiger partial charge in [0.25, 0.3) is 0 Å². The van der Waals surface area contributed by atoms with Crippen LogP contribution in [0.2, 0.25) is 0 Å². The Kier molecular flexibility index (Phi) is 5.58.